The molecule has 2 rings (SSSR count). The molecule has 0 atom stereocenters. The molecule has 2 nitrogen and oxygen atoms in total. The van der Waals surface area contributed by atoms with E-state index >= 15 is 0 Å². The lowest BCUT2D eigenvalue weighted by atomic mass is 10.1. The fourth-order valence-corrected chi connectivity index (χ4v) is 1.29. The molecule has 74 valence electrons. The molecule has 2 heteroatoms. The van der Waals surface area contributed by atoms with Gasteiger partial charge in [0.15, 0.2) is 1.41 Å². The van der Waals surface area contributed by atoms with Crippen LogP contribution in [0.5, 0.6) is 0 Å². The van der Waals surface area contributed by atoms with Crippen LogP contribution in [0, 0.1) is 0 Å². The number of nitrogens with one attached hydrogen (secondary N) is 1. The molecule has 1 heterocycles. The van der Waals surface area contributed by atoms with E-state index in [0.29, 0.717) is 4.90 Å². The van der Waals surface area contributed by atoms with Crippen LogP contribution in [0.4, 0.5) is 0 Å². The van der Waals surface area contributed by atoms with Crippen molar-refractivity contribution >= 4 is 10.9 Å². The van der Waals surface area contributed by atoms with E-state index in [1.54, 1.807) is 0 Å². The number of H-pyrrole nitrogens is 1. The summed E-state index contributed by atoms with van der Waals surface area (Å²) in [7, 11) is 0. The first-order chi connectivity index (χ1) is 10.9. The van der Waals surface area contributed by atoms with Crippen molar-refractivity contribution in [2.75, 3.05) is 20.5 Å². The van der Waals surface area contributed by atoms with Gasteiger partial charge in [-0.3, -0.25) is 0 Å². The van der Waals surface area contributed by atoms with Crippen LogP contribution in [0.15, 0.2) is 30.4 Å². The average Bonchev–Trinajstić information content (AvgIpc) is 2.65. The van der Waals surface area contributed by atoms with Gasteiger partial charge in [-0.1, -0.05) is 18.2 Å². The third-order valence-corrected chi connectivity index (χ3v) is 1.98. The van der Waals surface area contributed by atoms with Crippen LogP contribution in [0.1, 0.15) is 17.9 Å². The van der Waals surface area contributed by atoms with Gasteiger partial charge in [-0.2, -0.15) is 0 Å². The van der Waals surface area contributed by atoms with Gasteiger partial charge in [-0.05, 0) is 32.0 Å². The fraction of sp³-hybridized carbons (Fsp3) is 0.333. The SMILES string of the molecule is [2H]c1ccc2c(c1[2H])c(CCN(C([2H])([2H])[2H])C([2H])([2H])[2H])c([2H])n2[2H]. The second-order valence-corrected chi connectivity index (χ2v) is 2.97. The van der Waals surface area contributed by atoms with E-state index < -0.39 is 14.0 Å². The number of likely N-dealkylation sites (N-methyl/N-ethyl adjacent to an activating group) is 1. The van der Waals surface area contributed by atoms with Crippen LogP contribution in [0.25, 0.3) is 10.9 Å². The highest BCUT2D eigenvalue weighted by atomic mass is 15.0. The summed E-state index contributed by atoms with van der Waals surface area (Å²) < 4.78 is 75.6. The molecule has 0 unspecified atom stereocenters. The van der Waals surface area contributed by atoms with Crippen molar-refractivity contribution in [1.29, 1.82) is 0 Å². The van der Waals surface area contributed by atoms with Gasteiger partial charge in [0.25, 0.3) is 0 Å². The van der Waals surface area contributed by atoms with E-state index in [2.05, 4.69) is 0 Å². The monoisotopic (exact) mass is 198 g/mol. The molecule has 1 N–H and O–H groups in total. The first kappa shape index (κ1) is 3.11. The van der Waals surface area contributed by atoms with Crippen molar-refractivity contribution in [1.82, 2.24) is 9.88 Å². The minimum Gasteiger partial charge on any atom is -0.361 e. The zero-order chi connectivity index (χ0) is 18.4. The summed E-state index contributed by atoms with van der Waals surface area (Å²) in [4.78, 5) is 1.16. The lowest BCUT2D eigenvalue weighted by molar-refractivity contribution is 0.414. The van der Waals surface area contributed by atoms with Gasteiger partial charge < -0.3 is 9.88 Å². The Hall–Kier alpha value is -1.28. The Kier molecular flexibility index (Phi) is 0.852. The van der Waals surface area contributed by atoms with Gasteiger partial charge in [0, 0.05) is 31.8 Å². The largest absolute Gasteiger partial charge is 0.361 e. The molecule has 0 aliphatic rings. The van der Waals surface area contributed by atoms with Crippen molar-refractivity contribution in [2.24, 2.45) is 0 Å². The van der Waals surface area contributed by atoms with Crippen molar-refractivity contribution < 1.29 is 13.7 Å². The maximum atomic E-state index is 7.98. The number of fused-ring (bicyclic) bond motifs is 1. The molecule has 0 bridgehead atoms. The molecule has 0 saturated heterocycles. The number of para-hydroxylation sites is 1. The fourth-order valence-electron chi connectivity index (χ4n) is 1.29. The summed E-state index contributed by atoms with van der Waals surface area (Å²) in [6, 6.07) is 2.53. The second-order valence-electron chi connectivity index (χ2n) is 2.97. The quantitative estimate of drug-likeness (QED) is 0.801. The maximum Gasteiger partial charge on any atom is 0.166 e. The van der Waals surface area contributed by atoms with E-state index in [1.165, 1.54) is 12.1 Å². The van der Waals surface area contributed by atoms with Gasteiger partial charge in [0.05, 0.1) is 4.11 Å². The Morgan fingerprint density at radius 2 is 2.57 bits per heavy atom. The van der Waals surface area contributed by atoms with Crippen molar-refractivity contribution in [3.8, 4) is 0 Å². The van der Waals surface area contributed by atoms with Crippen molar-refractivity contribution in [3.63, 3.8) is 0 Å². The zero-order valence-corrected chi connectivity index (χ0v) is 7.46. The van der Waals surface area contributed by atoms with Gasteiger partial charge in [-0.15, -0.1) is 0 Å². The number of aromatic amines is 1. The number of nitrogens with zero attached hydrogens (tertiary/aromatic N) is 1. The van der Waals surface area contributed by atoms with E-state index in [1.807, 2.05) is 0 Å². The Morgan fingerprint density at radius 3 is 3.43 bits per heavy atom. The van der Waals surface area contributed by atoms with Crippen LogP contribution in [-0.2, 0) is 6.42 Å². The third-order valence-electron chi connectivity index (χ3n) is 1.98. The first-order valence-electron chi connectivity index (χ1n) is 9.17. The minimum atomic E-state index is -2.84. The van der Waals surface area contributed by atoms with E-state index in [0.717, 1.165) is 4.98 Å². The Bertz CT molecular complexity index is 744. The molecule has 0 saturated carbocycles. The standard InChI is InChI=1S/C12H16N2/c1-14(2)8-7-10-9-13-12-6-4-3-5-11(10)12/h3-6,9,13H,7-8H2,1-2H3/i1D3,2D3,3D,5D,9D/hD. The minimum absolute atomic E-state index is 0.0853. The van der Waals surface area contributed by atoms with E-state index in [4.69, 9.17) is 13.7 Å². The number of hydrogen-bond acceptors (Lipinski definition) is 1. The van der Waals surface area contributed by atoms with Gasteiger partial charge in [0.1, 0.15) is 0 Å². The maximum absolute atomic E-state index is 7.98. The summed E-state index contributed by atoms with van der Waals surface area (Å²) in [5.41, 5.74) is 0.447. The average molecular weight is 198 g/mol. The van der Waals surface area contributed by atoms with Crippen LogP contribution in [-0.4, -0.2) is 30.4 Å². The molecule has 0 radical (unpaired) electrons. The molecule has 0 fully saturated rings. The van der Waals surface area contributed by atoms with Crippen LogP contribution < -0.4 is 0 Å². The van der Waals surface area contributed by atoms with Crippen molar-refractivity contribution in [2.45, 2.75) is 6.42 Å². The molecule has 0 aliphatic heterocycles. The number of hydrogen-bond donors (Lipinski definition) is 1. The summed E-state index contributed by atoms with van der Waals surface area (Å²) >= 11 is 0. The zero-order valence-electron chi connectivity index (χ0n) is 17.5. The highest BCUT2D eigenvalue weighted by Gasteiger charge is 2.02. The number of aromatic nitrogens is 1. The predicted octanol–water partition coefficient (Wildman–Crippen LogP) is 2.27. The molecule has 14 heavy (non-hydrogen) atoms. The molecule has 0 amide bonds. The van der Waals surface area contributed by atoms with Gasteiger partial charge in [-0.25, -0.2) is 0 Å². The Balaban J connectivity index is 2.47. The lowest BCUT2D eigenvalue weighted by Gasteiger charge is -2.07. The van der Waals surface area contributed by atoms with Gasteiger partial charge >= 0.3 is 0 Å². The Morgan fingerprint density at radius 1 is 1.64 bits per heavy atom. The highest BCUT2D eigenvalue weighted by Crippen LogP contribution is 2.17. The highest BCUT2D eigenvalue weighted by molar-refractivity contribution is 5.83. The van der Waals surface area contributed by atoms with E-state index in [-0.39, 0.29) is 47.7 Å². The molecule has 0 spiro atoms. The van der Waals surface area contributed by atoms with Gasteiger partial charge in [0.2, 0.25) is 0 Å². The number of rotatable bonds is 3. The lowest BCUT2D eigenvalue weighted by Crippen LogP contribution is -2.14. The third kappa shape index (κ3) is 1.80. The smallest absolute Gasteiger partial charge is 0.166 e. The van der Waals surface area contributed by atoms with Crippen LogP contribution in [0.3, 0.4) is 0 Å². The Labute approximate surface area is 98.6 Å². The molecule has 1 aromatic heterocycles. The van der Waals surface area contributed by atoms with Crippen LogP contribution >= 0.6 is 0 Å². The topological polar surface area (TPSA) is 19.0 Å². The molecular weight excluding hydrogens is 172 g/mol. The summed E-state index contributed by atoms with van der Waals surface area (Å²) in [5, 5.41) is 0.207. The molecular formula is C12H16N2. The summed E-state index contributed by atoms with van der Waals surface area (Å²) in [6.07, 6.45) is -0.381. The normalized spacial score (nSPS) is 23.5. The first-order valence-corrected chi connectivity index (χ1v) is 4.22. The molecule has 1 aromatic carbocycles. The second kappa shape index (κ2) is 3.84. The predicted molar refractivity (Wildman–Crippen MR) is 60.6 cm³/mol. The van der Waals surface area contributed by atoms with Crippen LogP contribution in [0.2, 0.25) is 1.41 Å². The van der Waals surface area contributed by atoms with Crippen molar-refractivity contribution in [3.05, 3.63) is 36.0 Å². The molecule has 2 aromatic rings. The summed E-state index contributed by atoms with van der Waals surface area (Å²) in [5.74, 6) is 0. The number of benzene rings is 1. The summed E-state index contributed by atoms with van der Waals surface area (Å²) in [6.45, 7) is -6.06. The molecule has 0 aliphatic carbocycles. The van der Waals surface area contributed by atoms with E-state index in [9.17, 15) is 0 Å².